The van der Waals surface area contributed by atoms with Crippen LogP contribution in [0.2, 0.25) is 0 Å². The van der Waals surface area contributed by atoms with Crippen LogP contribution in [0.4, 0.5) is 20.1 Å². The number of Topliss-reactive ketones (excluding diaryl/α,β-unsaturated/α-hetero) is 1. The van der Waals surface area contributed by atoms with Crippen LogP contribution in [0.5, 0.6) is 0 Å². The van der Waals surface area contributed by atoms with Crippen molar-refractivity contribution in [3.63, 3.8) is 0 Å². The number of alkyl carbamates (subject to hydrolysis) is 2. The predicted octanol–water partition coefficient (Wildman–Crippen LogP) is 19.6. The van der Waals surface area contributed by atoms with Gasteiger partial charge in [-0.05, 0) is 106 Å². The van der Waals surface area contributed by atoms with Crippen molar-refractivity contribution in [2.75, 3.05) is 44.9 Å². The lowest BCUT2D eigenvalue weighted by Crippen LogP contribution is -2.60. The summed E-state index contributed by atoms with van der Waals surface area (Å²) in [5.74, 6) is 4.76. The zero-order valence-electron chi connectivity index (χ0n) is 91.2. The number of anilines is 1. The monoisotopic (exact) mass is 2070 g/mol. The molecular weight excluding hydrogens is 1870 g/mol. The number of primary amides is 1. The second-order valence-corrected chi connectivity index (χ2v) is 42.7. The van der Waals surface area contributed by atoms with Crippen LogP contribution in [0.15, 0.2) is 24.3 Å². The Morgan fingerprint density at radius 2 is 0.788 bits per heavy atom. The van der Waals surface area contributed by atoms with Crippen LogP contribution >= 0.6 is 0 Å². The minimum Gasteiger partial charge on any atom is -0.460 e. The molecule has 5 unspecified atom stereocenters. The number of aliphatic hydroxyl groups excluding tert-OH is 10. The third-order valence-corrected chi connectivity index (χ3v) is 29.7. The molecule has 146 heavy (non-hydrogen) atoms. The van der Waals surface area contributed by atoms with Crippen LogP contribution in [0, 0.1) is 41.4 Å². The van der Waals surface area contributed by atoms with Crippen molar-refractivity contribution >= 4 is 47.5 Å². The van der Waals surface area contributed by atoms with Crippen LogP contribution in [0.25, 0.3) is 0 Å². The molecule has 3 fully saturated rings. The Bertz CT molecular complexity index is 3510. The van der Waals surface area contributed by atoms with Crippen molar-refractivity contribution in [3.8, 4) is 11.8 Å². The summed E-state index contributed by atoms with van der Waals surface area (Å²) in [6.45, 7) is 10.6. The van der Waals surface area contributed by atoms with Gasteiger partial charge in [0.2, 0.25) is 5.91 Å². The zero-order chi connectivity index (χ0) is 107. The molecule has 1 saturated carbocycles. The van der Waals surface area contributed by atoms with E-state index in [4.69, 9.17) is 49.4 Å². The summed E-state index contributed by atoms with van der Waals surface area (Å²) in [4.78, 5) is 92.7. The third kappa shape index (κ3) is 59.9. The molecule has 2 aliphatic heterocycles. The molecule has 1 aromatic carbocycles. The number of fused-ring (bicyclic) bond motifs is 1. The minimum absolute atomic E-state index is 0.147. The number of esters is 2. The fourth-order valence-electron chi connectivity index (χ4n) is 20.2. The molecular formula is C115H206N6O25. The van der Waals surface area contributed by atoms with Gasteiger partial charge in [-0.25, -0.2) is 14.4 Å². The Balaban J connectivity index is 0.000000721. The molecule has 846 valence electrons. The van der Waals surface area contributed by atoms with E-state index in [1.807, 2.05) is 0 Å². The topological polar surface area (TPSA) is 496 Å². The maximum atomic E-state index is 14.0. The number of unbranched alkanes of at least 4 members (excludes halogenated alkanes) is 50. The normalized spacial score (nSPS) is 21.8. The van der Waals surface area contributed by atoms with E-state index in [-0.39, 0.29) is 75.6 Å². The standard InChI is InChI=1S/C73H123N5O16.C42H83NO9/c1-5-7-9-11-13-15-17-19-20-21-23-25-27-29-35-41-63(81)93-61(40-34-28-26-24-22-18-16-14-12-10-8-6-2)65(82)59(51-90-70-68(85)67(84)66(83)62(48-79)94-70)77-72(88)91-49-53-42-44-55(45-43-53)76-69(86)54(37-36-46-75-71(74)87)47-60(80)64(52(3)4)78-73(89)92-50-58-56-38-32-30-31-33-39-57(56)58;1-3-5-7-9-11-13-15-17-18-19-21-23-25-27-29-31-37(45)51-35(30-28-26-24-22-20-16-14-12-10-8-6-4-2)38(46)34(43)33-50-42-41(49)40(48)39(47)36(32-44)52-42/h42-45,52,54,56-59,61-62,64-68,70,79,82-85H,5-29,32-41,46-51H2,1-4H3,(H,76,86)(H,77,88)(H,78,89)(H3,74,75,87);34-36,38-42,44,46-49H,3-33,43H2,1-2H3/t54-,56-,57+,58?,59+,61-,62?,64+,65+,66+,67+,68?,70+;34-,35+,36?,38-,39-,40-,41?,42-/m10/s1. The first-order valence-corrected chi connectivity index (χ1v) is 58.4. The van der Waals surface area contributed by atoms with E-state index in [1.54, 1.807) is 38.1 Å². The number of carbonyl (C=O) groups excluding carboxylic acids is 7. The average molecular weight is 2070 g/mol. The van der Waals surface area contributed by atoms with Crippen molar-refractivity contribution in [1.29, 1.82) is 0 Å². The Morgan fingerprint density at radius 1 is 0.432 bits per heavy atom. The fraction of sp³-hybridized carbons (Fsp3) is 0.870. The van der Waals surface area contributed by atoms with Crippen LogP contribution < -0.4 is 32.7 Å². The van der Waals surface area contributed by atoms with E-state index in [2.05, 4.69) is 60.8 Å². The number of nitrogens with two attached hydrogens (primary N) is 2. The highest BCUT2D eigenvalue weighted by atomic mass is 16.7. The van der Waals surface area contributed by atoms with Gasteiger partial charge in [-0.2, -0.15) is 0 Å². The van der Waals surface area contributed by atoms with Gasteiger partial charge in [0.05, 0.1) is 51.2 Å². The third-order valence-electron chi connectivity index (χ3n) is 29.7. The number of rotatable bonds is 88. The van der Waals surface area contributed by atoms with Crippen LogP contribution in [-0.4, -0.2) is 236 Å². The molecule has 18 N–H and O–H groups in total. The van der Waals surface area contributed by atoms with E-state index in [9.17, 15) is 84.6 Å². The first kappa shape index (κ1) is 132. The van der Waals surface area contributed by atoms with E-state index < -0.39 is 160 Å². The summed E-state index contributed by atoms with van der Waals surface area (Å²) in [6.07, 6.45) is 47.9. The van der Waals surface area contributed by atoms with Gasteiger partial charge in [-0.15, -0.1) is 11.8 Å². The fourth-order valence-corrected chi connectivity index (χ4v) is 20.2. The van der Waals surface area contributed by atoms with Gasteiger partial charge >= 0.3 is 30.2 Å². The van der Waals surface area contributed by atoms with Crippen molar-refractivity contribution in [2.24, 2.45) is 41.1 Å². The lowest BCUT2D eigenvalue weighted by molar-refractivity contribution is -0.303. The number of carbonyl (C=O) groups is 7. The summed E-state index contributed by atoms with van der Waals surface area (Å²) in [6, 6.07) is 2.47. The summed E-state index contributed by atoms with van der Waals surface area (Å²) < 4.78 is 45.6. The molecule has 2 aliphatic carbocycles. The number of urea groups is 1. The number of aliphatic hydroxyl groups is 10. The van der Waals surface area contributed by atoms with Crippen molar-refractivity contribution in [2.45, 2.75) is 569 Å². The Morgan fingerprint density at radius 3 is 1.16 bits per heavy atom. The van der Waals surface area contributed by atoms with Crippen molar-refractivity contribution < 1.29 is 123 Å². The molecule has 0 bridgehead atoms. The summed E-state index contributed by atoms with van der Waals surface area (Å²) >= 11 is 0. The molecule has 4 aliphatic rings. The molecule has 1 aromatic rings. The number of hydrogen-bond donors (Lipinski definition) is 16. The molecule has 0 radical (unpaired) electrons. The Hall–Kier alpha value is -5.93. The van der Waals surface area contributed by atoms with Gasteiger partial charge in [0.15, 0.2) is 18.4 Å². The molecule has 0 spiro atoms. The van der Waals surface area contributed by atoms with E-state index in [0.29, 0.717) is 55.2 Å². The smallest absolute Gasteiger partial charge is 0.407 e. The van der Waals surface area contributed by atoms with Gasteiger partial charge in [-0.3, -0.25) is 19.2 Å². The molecule has 5 amide bonds. The number of benzene rings is 1. The van der Waals surface area contributed by atoms with Crippen molar-refractivity contribution in [1.82, 2.24) is 16.0 Å². The van der Waals surface area contributed by atoms with Gasteiger partial charge in [0, 0.05) is 50.3 Å². The minimum atomic E-state index is -1.77. The van der Waals surface area contributed by atoms with Gasteiger partial charge in [0.1, 0.15) is 79.9 Å². The number of ether oxygens (including phenoxy) is 8. The molecule has 2 heterocycles. The molecule has 21 atom stereocenters. The first-order valence-electron chi connectivity index (χ1n) is 58.4. The second kappa shape index (κ2) is 84.6. The van der Waals surface area contributed by atoms with Crippen LogP contribution in [0.1, 0.15) is 464 Å². The quantitative estimate of drug-likeness (QED) is 0.0125. The predicted molar refractivity (Wildman–Crippen MR) is 572 cm³/mol. The lowest BCUT2D eigenvalue weighted by atomic mass is 9.89. The van der Waals surface area contributed by atoms with E-state index >= 15 is 0 Å². The SMILES string of the molecule is CCCCCCCCCCCCCCCCCC(=O)O[C@H](CCCCCCCCCCCCCC)[C@@H](O)[C@@H](N)CO[C@H]1OC(CO)[C@H](O)[C@H](O)C1O.CCCCCCCCCCCCCCCCCC(=O)O[C@H](CCCCCCCCCCCCCC)[C@@H](O)[C@H](CO[C@H]1OC(CO)[C@H](O)[C@H](O)C1O)NC(=O)OCc1ccc(NC(=O)[C@H](CCCNC(N)=O)CC(=O)[C@@H](NC(=O)OCC2[C@H]3CCC#CCC[C@@H]23)C(C)C)cc1. The van der Waals surface area contributed by atoms with Crippen LogP contribution in [0.3, 0.4) is 0 Å². The zero-order valence-corrected chi connectivity index (χ0v) is 91.2. The van der Waals surface area contributed by atoms with E-state index in [0.717, 1.165) is 116 Å². The first-order chi connectivity index (χ1) is 70.7. The molecule has 31 nitrogen and oxygen atoms in total. The molecule has 2 saturated heterocycles. The highest BCUT2D eigenvalue weighted by Crippen LogP contribution is 2.52. The highest BCUT2D eigenvalue weighted by molar-refractivity contribution is 5.97. The summed E-state index contributed by atoms with van der Waals surface area (Å²) in [7, 11) is 0. The van der Waals surface area contributed by atoms with Crippen molar-refractivity contribution in [3.05, 3.63) is 29.8 Å². The maximum Gasteiger partial charge on any atom is 0.407 e. The second-order valence-electron chi connectivity index (χ2n) is 42.7. The number of nitrogens with one attached hydrogen (secondary N) is 4. The summed E-state index contributed by atoms with van der Waals surface area (Å²) in [5, 5.41) is 116. The summed E-state index contributed by atoms with van der Waals surface area (Å²) in [5.41, 5.74) is 12.5. The average Bonchev–Trinajstić information content (AvgIpc) is 1.63. The lowest BCUT2D eigenvalue weighted by Gasteiger charge is -2.40. The van der Waals surface area contributed by atoms with Gasteiger partial charge in [-0.1, -0.05) is 375 Å². The maximum absolute atomic E-state index is 14.0. The Kier molecular flexibility index (Phi) is 76.6. The number of hydrogen-bond acceptors (Lipinski definition) is 26. The van der Waals surface area contributed by atoms with Gasteiger partial charge < -0.3 is 122 Å². The highest BCUT2D eigenvalue weighted by Gasteiger charge is 2.50. The van der Waals surface area contributed by atoms with Crippen LogP contribution in [-0.2, 0) is 63.7 Å². The van der Waals surface area contributed by atoms with Gasteiger partial charge in [0.25, 0.3) is 0 Å². The molecule has 31 heteroatoms. The van der Waals surface area contributed by atoms with E-state index in [1.165, 1.54) is 244 Å². The number of amides is 5. The molecule has 5 rings (SSSR count). The largest absolute Gasteiger partial charge is 0.460 e. The molecule has 0 aromatic heterocycles. The number of ketones is 1. The Labute approximate surface area is 878 Å².